The number of benzene rings is 4. The molecule has 0 atom stereocenters. The van der Waals surface area contributed by atoms with Gasteiger partial charge in [-0.15, -0.1) is 0 Å². The van der Waals surface area contributed by atoms with E-state index in [-0.39, 0.29) is 49.0 Å². The van der Waals surface area contributed by atoms with Gasteiger partial charge in [0.15, 0.2) is 0 Å². The van der Waals surface area contributed by atoms with Crippen LogP contribution in [0.4, 0.5) is 11.4 Å². The average Bonchev–Trinajstić information content (AvgIpc) is 1.73. The smallest absolute Gasteiger partial charge is 0.349 e. The van der Waals surface area contributed by atoms with Crippen molar-refractivity contribution >= 4 is 147 Å². The largest absolute Gasteiger partial charge is 0.494 e. The molecule has 10 aromatic rings. The lowest BCUT2D eigenvalue weighted by Gasteiger charge is -2.22. The monoisotopic (exact) mass is 1140 g/mol. The summed E-state index contributed by atoms with van der Waals surface area (Å²) < 4.78 is 20.3. The average molecular weight is 1140 g/mol. The molecule has 20 heteroatoms. The Morgan fingerprint density at radius 3 is 1.38 bits per heavy atom. The molecule has 6 aromatic heterocycles. The highest BCUT2D eigenvalue weighted by Crippen LogP contribution is 2.39. The van der Waals surface area contributed by atoms with Crippen LogP contribution in [0.25, 0.3) is 49.4 Å². The van der Waals surface area contributed by atoms with Crippen LogP contribution in [-0.4, -0.2) is 84.1 Å². The fourth-order valence-corrected chi connectivity index (χ4v) is 14.1. The van der Waals surface area contributed by atoms with E-state index < -0.39 is 25.3 Å². The van der Waals surface area contributed by atoms with E-state index in [1.807, 2.05) is 100 Å². The second-order valence-electron chi connectivity index (χ2n) is 18.7. The Hall–Kier alpha value is -9.61. The zero-order valence-corrected chi connectivity index (χ0v) is 46.5. The normalized spacial score (nSPS) is 13.0. The molecule has 0 bridgehead atoms. The zero-order valence-electron chi connectivity index (χ0n) is 43.2. The first-order chi connectivity index (χ1) is 40.4. The van der Waals surface area contributed by atoms with Crippen LogP contribution in [0.2, 0.25) is 0 Å². The number of carbonyl (C=O) groups is 2. The number of Topliss-reactive ketones (excluding diaryl/α,β-unsaturated/α-hetero) is 2. The third kappa shape index (κ3) is 9.76. The number of para-hydroxylation sites is 2. The molecule has 0 saturated heterocycles. The first kappa shape index (κ1) is 53.1. The number of fused-ring (bicyclic) bond motifs is 3. The lowest BCUT2D eigenvalue weighted by atomic mass is 9.58. The van der Waals surface area contributed by atoms with E-state index in [0.29, 0.717) is 90.8 Å². The Balaban J connectivity index is 1.33. The Kier molecular flexibility index (Phi) is 15.3. The molecule has 4 aromatic carbocycles. The van der Waals surface area contributed by atoms with Crippen LogP contribution in [-0.2, 0) is 9.59 Å². The van der Waals surface area contributed by atoms with Crippen LogP contribution in [0.3, 0.4) is 0 Å². The Labute approximate surface area is 486 Å². The van der Waals surface area contributed by atoms with Crippen molar-refractivity contribution in [3.05, 3.63) is 200 Å². The van der Waals surface area contributed by atoms with Crippen molar-refractivity contribution in [1.29, 1.82) is 5.26 Å². The van der Waals surface area contributed by atoms with E-state index in [4.69, 9.17) is 19.5 Å². The molecule has 0 spiro atoms. The number of thiophene rings is 4. The highest BCUT2D eigenvalue weighted by molar-refractivity contribution is 7.31. The number of nitrogens with zero attached hydrogens (tertiary/aromatic N) is 8. The predicted molar refractivity (Wildman–Crippen MR) is 329 cm³/mol. The molecular weight excluding hydrogens is 1100 g/mol. The lowest BCUT2D eigenvalue weighted by Crippen LogP contribution is -2.52. The summed E-state index contributed by atoms with van der Waals surface area (Å²) in [5.74, 6) is 0.239. The van der Waals surface area contributed by atoms with E-state index in [0.717, 1.165) is 19.1 Å². The van der Waals surface area contributed by atoms with Crippen molar-refractivity contribution in [3.63, 3.8) is 0 Å². The fraction of sp³-hybridized carbons (Fsp3) is 0.0968. The molecule has 0 amide bonds. The predicted octanol–water partition coefficient (Wildman–Crippen LogP) is 9.18. The number of isocyanates is 2. The van der Waals surface area contributed by atoms with Gasteiger partial charge in [-0.2, -0.15) is 50.6 Å². The lowest BCUT2D eigenvalue weighted by molar-refractivity contribution is 0.106. The number of nitriles is 1. The van der Waals surface area contributed by atoms with Gasteiger partial charge in [-0.1, -0.05) is 72.8 Å². The topological polar surface area (TPSA) is 174 Å². The molecule has 0 N–H and O–H groups in total. The third-order valence-electron chi connectivity index (χ3n) is 14.0. The third-order valence-corrected chi connectivity index (χ3v) is 17.7. The van der Waals surface area contributed by atoms with Gasteiger partial charge in [-0.3, -0.25) is 14.6 Å². The van der Waals surface area contributed by atoms with Gasteiger partial charge < -0.3 is 18.4 Å². The molecule has 8 heterocycles. The van der Waals surface area contributed by atoms with Crippen molar-refractivity contribution < 1.29 is 28.7 Å². The summed E-state index contributed by atoms with van der Waals surface area (Å²) in [6.07, 6.45) is 4.12. The van der Waals surface area contributed by atoms with Crippen molar-refractivity contribution in [2.45, 2.75) is 12.8 Å². The Morgan fingerprint density at radius 2 is 0.976 bits per heavy atom. The number of aromatic nitrogens is 2. The van der Waals surface area contributed by atoms with Crippen LogP contribution in [0.5, 0.6) is 11.5 Å². The first-order valence-corrected chi connectivity index (χ1v) is 29.4. The minimum atomic E-state index is -0.653. The molecule has 82 heavy (non-hydrogen) atoms. The highest BCUT2D eigenvalue weighted by atomic mass is 32.1. The molecule has 12 rings (SSSR count). The van der Waals surface area contributed by atoms with Gasteiger partial charge in [-0.25, -0.2) is 29.4 Å². The number of rotatable bonds is 20. The van der Waals surface area contributed by atoms with Crippen molar-refractivity contribution in [1.82, 2.24) is 8.96 Å². The van der Waals surface area contributed by atoms with Crippen LogP contribution in [0.15, 0.2) is 187 Å². The maximum Gasteiger partial charge on any atom is 0.349 e. The van der Waals surface area contributed by atoms with Gasteiger partial charge in [0.25, 0.3) is 0 Å². The van der Waals surface area contributed by atoms with E-state index in [9.17, 15) is 21.4 Å². The summed E-state index contributed by atoms with van der Waals surface area (Å²) in [5.41, 5.74) is 3.86. The second-order valence-corrected chi connectivity index (χ2v) is 22.6. The number of hydrogen-bond donors (Lipinski definition) is 0. The Bertz CT molecular complexity index is 4130. The molecule has 0 aliphatic carbocycles. The van der Waals surface area contributed by atoms with Crippen LogP contribution < -0.4 is 39.3 Å². The van der Waals surface area contributed by atoms with Crippen molar-refractivity contribution in [2.75, 3.05) is 26.3 Å². The molecular formula is C62H40B2N8O6S4. The minimum Gasteiger partial charge on any atom is -0.494 e. The van der Waals surface area contributed by atoms with Crippen molar-refractivity contribution in [3.8, 4) is 40.1 Å². The summed E-state index contributed by atoms with van der Waals surface area (Å²) in [5, 5.41) is 21.9. The number of aliphatic imine (C=N–C) groups is 4. The molecule has 0 fully saturated rings. The zero-order chi connectivity index (χ0) is 56.1. The number of ether oxygens (including phenoxy) is 2. The van der Waals surface area contributed by atoms with Gasteiger partial charge in [0.05, 0.1) is 49.6 Å². The van der Waals surface area contributed by atoms with Gasteiger partial charge in [0.2, 0.25) is 29.4 Å². The second kappa shape index (κ2) is 23.6. The highest BCUT2D eigenvalue weighted by Gasteiger charge is 2.41. The number of ketones is 2. The van der Waals surface area contributed by atoms with Crippen molar-refractivity contribution in [2.24, 2.45) is 20.0 Å². The van der Waals surface area contributed by atoms with Gasteiger partial charge >= 0.3 is 13.7 Å². The summed E-state index contributed by atoms with van der Waals surface area (Å²) in [6.45, 7) is 9.20. The fourth-order valence-electron chi connectivity index (χ4n) is 10.6. The van der Waals surface area contributed by atoms with Gasteiger partial charge in [0, 0.05) is 70.6 Å². The molecule has 0 unspecified atom stereocenters. The molecule has 0 radical (unpaired) electrons. The number of hydrogen-bond acceptors (Lipinski definition) is 15. The van der Waals surface area contributed by atoms with E-state index in [1.165, 1.54) is 0 Å². The maximum absolute atomic E-state index is 15.1. The minimum absolute atomic E-state index is 0.00812. The summed E-state index contributed by atoms with van der Waals surface area (Å²) in [4.78, 5) is 73.8. The summed E-state index contributed by atoms with van der Waals surface area (Å²) in [6, 6.07) is 47.9. The molecule has 14 nitrogen and oxygen atoms in total. The van der Waals surface area contributed by atoms with Gasteiger partial charge in [-0.05, 0) is 105 Å². The van der Waals surface area contributed by atoms with Gasteiger partial charge in [0.1, 0.15) is 34.6 Å². The van der Waals surface area contributed by atoms with E-state index in [2.05, 4.69) is 54.1 Å². The van der Waals surface area contributed by atoms with Crippen LogP contribution in [0.1, 0.15) is 33.6 Å². The van der Waals surface area contributed by atoms with Crippen LogP contribution in [0, 0.1) is 17.9 Å². The standard InChI is InChI=1S/C62H40B2N8O6S4/c1-66-55(56-62(76)44-13-3-5-15-47(44)70-56)60-53-52(57(39-20-24-41(25-21-39)77-30-10-28-67-37-73)72(60)64(50-18-8-34-81-50)51-19-9-35-82-51)59(45(36-65)54-61(75)43-12-2-4-14-46(43)69-54)71(63(48-16-6-32-79-48)49-17-7-33-80-49)58(53)40-22-26-42(27-23-40)78-31-11-29-68-38-74/h2-9,12-27,32-35H,10-11,28-31H2/b59-45-,60-55+. The molecule has 394 valence electrons. The molecule has 2 aliphatic rings. The van der Waals surface area contributed by atoms with E-state index in [1.54, 1.807) is 100.0 Å². The van der Waals surface area contributed by atoms with Crippen LogP contribution >= 0.6 is 45.3 Å². The summed E-state index contributed by atoms with van der Waals surface area (Å²) in [7, 11) is 0. The quantitative estimate of drug-likeness (QED) is 0.0241. The van der Waals surface area contributed by atoms with E-state index >= 15 is 9.59 Å². The molecule has 2 aliphatic heterocycles. The number of carbonyl (C=O) groups excluding carboxylic acids is 4. The summed E-state index contributed by atoms with van der Waals surface area (Å²) >= 11 is 6.16. The first-order valence-electron chi connectivity index (χ1n) is 25.9. The molecule has 0 saturated carbocycles. The maximum atomic E-state index is 15.1. The Morgan fingerprint density at radius 1 is 0.561 bits per heavy atom. The SMILES string of the molecule is [C-]#[N+]/C(C1=Nc2ccccc2C1=O)=c1\c2c(-c3ccc(OCCCN=C=O)cc3)n(B(c3cccs3)c3cccs3)/c(=C(/C#N)C3=Nc4ccccc4C3=O)c2c(-c2ccc(OCCCN=C=O)cc2)n1B(c1cccs1)c1cccs1.